The zero-order chi connectivity index (χ0) is 22.4. The Balaban J connectivity index is 1.65. The normalized spacial score (nSPS) is 18.5. The first-order valence-corrected chi connectivity index (χ1v) is 10.9. The summed E-state index contributed by atoms with van der Waals surface area (Å²) in [6.07, 6.45) is 1.63. The van der Waals surface area contributed by atoms with E-state index in [0.717, 1.165) is 18.4 Å². The number of likely N-dealkylation sites (tertiary alicyclic amines) is 1. The minimum Gasteiger partial charge on any atom is -0.493 e. The fraction of sp³-hybridized carbons (Fsp3) is 0.391. The molecule has 166 valence electrons. The lowest BCUT2D eigenvalue weighted by atomic mass is 9.77. The van der Waals surface area contributed by atoms with Crippen molar-refractivity contribution in [3.63, 3.8) is 0 Å². The van der Waals surface area contributed by atoms with Gasteiger partial charge in [-0.25, -0.2) is 0 Å². The number of amides is 2. The van der Waals surface area contributed by atoms with Crippen molar-refractivity contribution in [3.05, 3.63) is 58.1 Å². The van der Waals surface area contributed by atoms with E-state index >= 15 is 0 Å². The van der Waals surface area contributed by atoms with E-state index in [1.165, 1.54) is 0 Å². The van der Waals surface area contributed by atoms with Gasteiger partial charge in [0.05, 0.1) is 6.61 Å². The van der Waals surface area contributed by atoms with Gasteiger partial charge in [-0.15, -0.1) is 0 Å². The van der Waals surface area contributed by atoms with Gasteiger partial charge in [-0.05, 0) is 67.8 Å². The topological polar surface area (TPSA) is 81.9 Å². The maximum absolute atomic E-state index is 12.8. The predicted octanol–water partition coefficient (Wildman–Crippen LogP) is 4.24. The Hall–Kier alpha value is -2.44. The number of nitrogens with zero attached hydrogens (tertiary/aromatic N) is 1. The lowest BCUT2D eigenvalue weighted by molar-refractivity contribution is -0.139. The fourth-order valence-corrected chi connectivity index (χ4v) is 4.06. The second-order valence-electron chi connectivity index (χ2n) is 8.00. The Morgan fingerprint density at radius 3 is 2.48 bits per heavy atom. The second kappa shape index (κ2) is 10.2. The van der Waals surface area contributed by atoms with Crippen molar-refractivity contribution in [1.82, 2.24) is 4.90 Å². The first kappa shape index (κ1) is 23.2. The second-order valence-corrected chi connectivity index (χ2v) is 8.85. The highest BCUT2D eigenvalue weighted by Gasteiger charge is 2.39. The zero-order valence-corrected chi connectivity index (χ0v) is 18.9. The first-order chi connectivity index (χ1) is 14.8. The minimum atomic E-state index is -0.548. The monoisotopic (exact) mass is 464 g/mol. The summed E-state index contributed by atoms with van der Waals surface area (Å²) >= 11 is 12.0. The van der Waals surface area contributed by atoms with E-state index in [2.05, 4.69) is 0 Å². The average molecular weight is 465 g/mol. The van der Waals surface area contributed by atoms with Gasteiger partial charge < -0.3 is 20.1 Å². The van der Waals surface area contributed by atoms with E-state index in [4.69, 9.17) is 38.4 Å². The molecule has 0 spiro atoms. The number of aryl methyl sites for hydroxylation is 1. The fourth-order valence-electron chi connectivity index (χ4n) is 3.81. The number of ether oxygens (including phenoxy) is 2. The Morgan fingerprint density at radius 1 is 1.10 bits per heavy atom. The number of primary amides is 1. The number of halogens is 2. The molecule has 1 aliphatic heterocycles. The van der Waals surface area contributed by atoms with Crippen LogP contribution in [0, 0.1) is 12.3 Å². The number of hydrogen-bond donors (Lipinski definition) is 1. The predicted molar refractivity (Wildman–Crippen MR) is 121 cm³/mol. The van der Waals surface area contributed by atoms with E-state index in [0.29, 0.717) is 34.6 Å². The van der Waals surface area contributed by atoms with Crippen LogP contribution in [0.4, 0.5) is 0 Å². The van der Waals surface area contributed by atoms with E-state index in [1.54, 1.807) is 41.3 Å². The number of hydrogen-bond acceptors (Lipinski definition) is 4. The van der Waals surface area contributed by atoms with Crippen LogP contribution in [0.15, 0.2) is 42.5 Å². The molecule has 1 atom stereocenters. The quantitative estimate of drug-likeness (QED) is 0.632. The molecule has 2 N–H and O–H groups in total. The molecule has 0 aliphatic carbocycles. The summed E-state index contributed by atoms with van der Waals surface area (Å²) in [5, 5.41) is 1.26. The van der Waals surface area contributed by atoms with Crippen molar-refractivity contribution in [2.45, 2.75) is 26.2 Å². The third-order valence-corrected chi connectivity index (χ3v) is 6.09. The van der Waals surface area contributed by atoms with E-state index < -0.39 is 11.3 Å². The molecule has 2 aromatic rings. The van der Waals surface area contributed by atoms with Gasteiger partial charge >= 0.3 is 0 Å². The number of nitrogens with two attached hydrogens (primary N) is 1. The van der Waals surface area contributed by atoms with Crippen LogP contribution in [0.25, 0.3) is 0 Å². The molecule has 2 aromatic carbocycles. The molecule has 8 heteroatoms. The van der Waals surface area contributed by atoms with Crippen molar-refractivity contribution < 1.29 is 19.1 Å². The highest BCUT2D eigenvalue weighted by molar-refractivity contribution is 6.31. The lowest BCUT2D eigenvalue weighted by Gasteiger charge is -2.42. The van der Waals surface area contributed by atoms with Crippen LogP contribution in [-0.4, -0.2) is 43.0 Å². The number of carbonyl (C=O) groups is 2. The smallest absolute Gasteiger partial charge is 0.260 e. The highest BCUT2D eigenvalue weighted by atomic mass is 35.5. The Bertz CT molecular complexity index is 936. The zero-order valence-electron chi connectivity index (χ0n) is 17.4. The standard InChI is InChI=1S/C23H26Cl2N2O4/c1-16-11-19(7-8-20(16)25)31-15-23(12-21(26)28)9-2-10-27(14-23)22(29)13-30-18-5-3-17(24)4-6-18/h3-8,11H,2,9-10,12-15H2,1H3,(H2,26,28)/t23-/m0/s1. The molecular formula is C23H26Cl2N2O4. The van der Waals surface area contributed by atoms with Gasteiger partial charge in [0.25, 0.3) is 5.91 Å². The SMILES string of the molecule is Cc1cc(OC[C@]2(CC(N)=O)CCCN(C(=O)COc3ccc(Cl)cc3)C2)ccc1Cl. The number of benzene rings is 2. The highest BCUT2D eigenvalue weighted by Crippen LogP contribution is 2.35. The van der Waals surface area contributed by atoms with Crippen LogP contribution >= 0.6 is 23.2 Å². The maximum Gasteiger partial charge on any atom is 0.260 e. The lowest BCUT2D eigenvalue weighted by Crippen LogP contribution is -2.51. The first-order valence-electron chi connectivity index (χ1n) is 10.1. The van der Waals surface area contributed by atoms with E-state index in [1.807, 2.05) is 13.0 Å². The Kier molecular flexibility index (Phi) is 7.68. The molecule has 0 saturated carbocycles. The average Bonchev–Trinajstić information content (AvgIpc) is 2.74. The molecule has 1 saturated heterocycles. The molecule has 6 nitrogen and oxygen atoms in total. The third kappa shape index (κ3) is 6.52. The number of piperidine rings is 1. The van der Waals surface area contributed by atoms with Gasteiger partial charge in [-0.2, -0.15) is 0 Å². The van der Waals surface area contributed by atoms with Crippen LogP contribution < -0.4 is 15.2 Å². The van der Waals surface area contributed by atoms with Crippen LogP contribution in [0.2, 0.25) is 10.0 Å². The van der Waals surface area contributed by atoms with Gasteiger partial charge in [-0.3, -0.25) is 9.59 Å². The summed E-state index contributed by atoms with van der Waals surface area (Å²) < 4.78 is 11.6. The van der Waals surface area contributed by atoms with Crippen LogP contribution in [0.1, 0.15) is 24.8 Å². The summed E-state index contributed by atoms with van der Waals surface area (Å²) in [6.45, 7) is 3.06. The molecular weight excluding hydrogens is 439 g/mol. The van der Waals surface area contributed by atoms with E-state index in [-0.39, 0.29) is 25.5 Å². The maximum atomic E-state index is 12.8. The Morgan fingerprint density at radius 2 is 1.81 bits per heavy atom. The summed E-state index contributed by atoms with van der Waals surface area (Å²) in [4.78, 5) is 26.3. The molecule has 2 amide bonds. The van der Waals surface area contributed by atoms with Crippen molar-refractivity contribution in [1.29, 1.82) is 0 Å². The number of carbonyl (C=O) groups excluding carboxylic acids is 2. The molecule has 0 unspecified atom stereocenters. The number of rotatable bonds is 8. The summed E-state index contributed by atoms with van der Waals surface area (Å²) in [5.74, 6) is 0.674. The summed E-state index contributed by atoms with van der Waals surface area (Å²) in [6, 6.07) is 12.3. The Labute approximate surface area is 192 Å². The van der Waals surface area contributed by atoms with Gasteiger partial charge in [-0.1, -0.05) is 23.2 Å². The van der Waals surface area contributed by atoms with Crippen LogP contribution in [0.5, 0.6) is 11.5 Å². The summed E-state index contributed by atoms with van der Waals surface area (Å²) in [7, 11) is 0. The van der Waals surface area contributed by atoms with Gasteiger partial charge in [0.2, 0.25) is 5.91 Å². The third-order valence-electron chi connectivity index (χ3n) is 5.41. The van der Waals surface area contributed by atoms with Crippen LogP contribution in [-0.2, 0) is 9.59 Å². The molecule has 1 heterocycles. The molecule has 3 rings (SSSR count). The summed E-state index contributed by atoms with van der Waals surface area (Å²) in [5.41, 5.74) is 5.90. The van der Waals surface area contributed by atoms with E-state index in [9.17, 15) is 9.59 Å². The molecule has 1 fully saturated rings. The van der Waals surface area contributed by atoms with Crippen molar-refractivity contribution in [2.24, 2.45) is 11.1 Å². The molecule has 0 radical (unpaired) electrons. The molecule has 0 bridgehead atoms. The van der Waals surface area contributed by atoms with Crippen molar-refractivity contribution in [2.75, 3.05) is 26.3 Å². The van der Waals surface area contributed by atoms with Gasteiger partial charge in [0.15, 0.2) is 6.61 Å². The van der Waals surface area contributed by atoms with Crippen molar-refractivity contribution in [3.8, 4) is 11.5 Å². The van der Waals surface area contributed by atoms with Crippen LogP contribution in [0.3, 0.4) is 0 Å². The van der Waals surface area contributed by atoms with Gasteiger partial charge in [0.1, 0.15) is 11.5 Å². The molecule has 31 heavy (non-hydrogen) atoms. The van der Waals surface area contributed by atoms with Gasteiger partial charge in [0, 0.05) is 35.0 Å². The molecule has 1 aliphatic rings. The largest absolute Gasteiger partial charge is 0.493 e. The molecule has 0 aromatic heterocycles. The minimum absolute atomic E-state index is 0.0917. The van der Waals surface area contributed by atoms with Crippen molar-refractivity contribution >= 4 is 35.0 Å².